The maximum atomic E-state index is 13.7. The van der Waals surface area contributed by atoms with Crippen molar-refractivity contribution in [3.8, 4) is 11.1 Å². The van der Waals surface area contributed by atoms with Crippen molar-refractivity contribution < 1.29 is 9.59 Å². The number of hydrogen-bond acceptors (Lipinski definition) is 3. The predicted molar refractivity (Wildman–Crippen MR) is 156 cm³/mol. The van der Waals surface area contributed by atoms with Gasteiger partial charge in [-0.3, -0.25) is 9.59 Å². The molecule has 6 rings (SSSR count). The van der Waals surface area contributed by atoms with E-state index in [1.165, 1.54) is 0 Å². The van der Waals surface area contributed by atoms with Gasteiger partial charge >= 0.3 is 0 Å². The average molecular weight is 518 g/mol. The van der Waals surface area contributed by atoms with Crippen LogP contribution in [-0.2, 0) is 0 Å². The highest BCUT2D eigenvalue weighted by Gasteiger charge is 2.36. The Morgan fingerprint density at radius 2 is 1.47 bits per heavy atom. The van der Waals surface area contributed by atoms with Crippen LogP contribution in [0.15, 0.2) is 103 Å². The van der Waals surface area contributed by atoms with E-state index in [1.54, 1.807) is 24.3 Å². The molecule has 4 aromatic rings. The van der Waals surface area contributed by atoms with Gasteiger partial charge in [0.05, 0.1) is 5.69 Å². The van der Waals surface area contributed by atoms with Crippen LogP contribution in [0.4, 0.5) is 11.4 Å². The third-order valence-electron chi connectivity index (χ3n) is 7.35. The molecule has 0 spiro atoms. The van der Waals surface area contributed by atoms with Gasteiger partial charge in [0.1, 0.15) is 4.99 Å². The summed E-state index contributed by atoms with van der Waals surface area (Å²) in [7, 11) is 0. The normalized spacial score (nSPS) is 16.4. The first-order valence-electron chi connectivity index (χ1n) is 12.9. The molecule has 38 heavy (non-hydrogen) atoms. The van der Waals surface area contributed by atoms with Crippen molar-refractivity contribution in [1.29, 1.82) is 0 Å². The number of nitrogens with zero attached hydrogens (tertiary/aromatic N) is 2. The summed E-state index contributed by atoms with van der Waals surface area (Å²) in [5, 5.41) is 2.99. The van der Waals surface area contributed by atoms with E-state index >= 15 is 0 Å². The van der Waals surface area contributed by atoms with Gasteiger partial charge < -0.3 is 15.1 Å². The van der Waals surface area contributed by atoms with Gasteiger partial charge in [-0.2, -0.15) is 0 Å². The zero-order valence-electron chi connectivity index (χ0n) is 20.8. The second-order valence-corrected chi connectivity index (χ2v) is 10.1. The first-order valence-corrected chi connectivity index (χ1v) is 13.3. The van der Waals surface area contributed by atoms with E-state index in [2.05, 4.69) is 10.2 Å². The number of carbonyl (C=O) groups is 2. The van der Waals surface area contributed by atoms with Gasteiger partial charge in [-0.1, -0.05) is 72.9 Å². The molecular weight excluding hydrogens is 490 g/mol. The number of carbonyl (C=O) groups excluding carboxylic acids is 2. The monoisotopic (exact) mass is 517 g/mol. The summed E-state index contributed by atoms with van der Waals surface area (Å²) < 4.78 is 0. The number of para-hydroxylation sites is 1. The van der Waals surface area contributed by atoms with Crippen molar-refractivity contribution in [2.45, 2.75) is 18.9 Å². The molecule has 2 aliphatic rings. The molecule has 0 radical (unpaired) electrons. The smallest absolute Gasteiger partial charge is 0.258 e. The van der Waals surface area contributed by atoms with Crippen LogP contribution < -0.4 is 10.2 Å². The number of rotatable bonds is 4. The Bertz CT molecular complexity index is 1520. The average Bonchev–Trinajstić information content (AvgIpc) is 3.40. The summed E-state index contributed by atoms with van der Waals surface area (Å²) in [5.41, 5.74) is 5.44. The molecule has 4 aromatic carbocycles. The zero-order chi connectivity index (χ0) is 26.1. The van der Waals surface area contributed by atoms with E-state index in [9.17, 15) is 9.59 Å². The molecule has 2 amide bonds. The van der Waals surface area contributed by atoms with Crippen LogP contribution in [0.5, 0.6) is 0 Å². The summed E-state index contributed by atoms with van der Waals surface area (Å²) in [5.74, 6) is -0.263. The van der Waals surface area contributed by atoms with Crippen LogP contribution in [0.1, 0.15) is 39.1 Å². The predicted octanol–water partition coefficient (Wildman–Crippen LogP) is 6.41. The highest BCUT2D eigenvalue weighted by atomic mass is 32.1. The molecule has 5 nitrogen and oxygen atoms in total. The van der Waals surface area contributed by atoms with Crippen LogP contribution in [-0.4, -0.2) is 40.8 Å². The molecule has 0 aromatic heterocycles. The van der Waals surface area contributed by atoms with E-state index < -0.39 is 0 Å². The second-order valence-electron chi connectivity index (χ2n) is 9.67. The summed E-state index contributed by atoms with van der Waals surface area (Å²) in [6.07, 6.45) is 2.10. The zero-order valence-corrected chi connectivity index (χ0v) is 21.7. The molecule has 2 aliphatic heterocycles. The maximum Gasteiger partial charge on any atom is 0.258 e. The van der Waals surface area contributed by atoms with Gasteiger partial charge in [-0.05, 0) is 66.4 Å². The molecule has 2 heterocycles. The second kappa shape index (κ2) is 10.2. The van der Waals surface area contributed by atoms with Gasteiger partial charge in [0.2, 0.25) is 0 Å². The molecule has 1 atom stereocenters. The molecule has 1 unspecified atom stereocenters. The van der Waals surface area contributed by atoms with Crippen molar-refractivity contribution in [3.63, 3.8) is 0 Å². The van der Waals surface area contributed by atoms with Gasteiger partial charge in [-0.15, -0.1) is 0 Å². The van der Waals surface area contributed by atoms with E-state index in [4.69, 9.17) is 12.2 Å². The van der Waals surface area contributed by atoms with Crippen LogP contribution >= 0.6 is 12.2 Å². The Balaban J connectivity index is 1.23. The Morgan fingerprint density at radius 3 is 2.26 bits per heavy atom. The highest BCUT2D eigenvalue weighted by molar-refractivity contribution is 7.80. The minimum Gasteiger partial charge on any atom is -0.357 e. The Hall–Kier alpha value is -4.29. The topological polar surface area (TPSA) is 52.7 Å². The lowest BCUT2D eigenvalue weighted by Crippen LogP contribution is -2.41. The van der Waals surface area contributed by atoms with Gasteiger partial charge in [0, 0.05) is 41.5 Å². The van der Waals surface area contributed by atoms with Crippen LogP contribution in [0, 0.1) is 0 Å². The molecule has 0 saturated carbocycles. The fourth-order valence-electron chi connectivity index (χ4n) is 5.44. The van der Waals surface area contributed by atoms with Gasteiger partial charge in [0.25, 0.3) is 11.8 Å². The third-order valence-corrected chi connectivity index (χ3v) is 7.80. The van der Waals surface area contributed by atoms with Crippen molar-refractivity contribution in [2.24, 2.45) is 0 Å². The van der Waals surface area contributed by atoms with Gasteiger partial charge in [0.15, 0.2) is 0 Å². The van der Waals surface area contributed by atoms with E-state index in [0.29, 0.717) is 23.4 Å². The Morgan fingerprint density at radius 1 is 0.789 bits per heavy atom. The first kappa shape index (κ1) is 24.1. The number of benzene rings is 4. The Labute approximate surface area is 227 Å². The summed E-state index contributed by atoms with van der Waals surface area (Å²) in [6, 6.07) is 32.7. The lowest BCUT2D eigenvalue weighted by Gasteiger charge is -2.27. The number of hydrogen-bond donors (Lipinski definition) is 1. The maximum absolute atomic E-state index is 13.7. The fourth-order valence-corrected chi connectivity index (χ4v) is 5.85. The molecule has 1 saturated heterocycles. The molecule has 1 fully saturated rings. The lowest BCUT2D eigenvalue weighted by atomic mass is 9.99. The van der Waals surface area contributed by atoms with E-state index in [1.807, 2.05) is 83.8 Å². The SMILES string of the molecule is O=C(Nc1ccc(C(=O)N2CC3CCCN3C(=S)c3ccccc32)cc1)c1ccccc1-c1ccccc1. The minimum atomic E-state index is -0.195. The van der Waals surface area contributed by atoms with Gasteiger partial charge in [-0.25, -0.2) is 0 Å². The molecule has 6 heteroatoms. The van der Waals surface area contributed by atoms with Crippen LogP contribution in [0.2, 0.25) is 0 Å². The number of amides is 2. The van der Waals surface area contributed by atoms with Crippen LogP contribution in [0.25, 0.3) is 11.1 Å². The number of thiocarbonyl (C=S) groups is 1. The molecule has 0 aliphatic carbocycles. The van der Waals surface area contributed by atoms with Crippen molar-refractivity contribution in [3.05, 3.63) is 120 Å². The van der Waals surface area contributed by atoms with E-state index in [0.717, 1.165) is 46.8 Å². The lowest BCUT2D eigenvalue weighted by molar-refractivity contribution is 0.0982. The van der Waals surface area contributed by atoms with Crippen molar-refractivity contribution >= 4 is 40.4 Å². The molecule has 0 bridgehead atoms. The number of anilines is 2. The first-order chi connectivity index (χ1) is 18.6. The number of fused-ring (bicyclic) bond motifs is 2. The highest BCUT2D eigenvalue weighted by Crippen LogP contribution is 2.33. The largest absolute Gasteiger partial charge is 0.357 e. The quantitative estimate of drug-likeness (QED) is 0.318. The Kier molecular flexibility index (Phi) is 6.48. The molecule has 1 N–H and O–H groups in total. The number of nitrogens with one attached hydrogen (secondary N) is 1. The minimum absolute atomic E-state index is 0.0682. The van der Waals surface area contributed by atoms with E-state index in [-0.39, 0.29) is 17.9 Å². The summed E-state index contributed by atoms with van der Waals surface area (Å²) in [4.78, 5) is 31.9. The molecular formula is C32H27N3O2S. The summed E-state index contributed by atoms with van der Waals surface area (Å²) in [6.45, 7) is 1.53. The summed E-state index contributed by atoms with van der Waals surface area (Å²) >= 11 is 5.83. The third kappa shape index (κ3) is 4.48. The molecule has 188 valence electrons. The van der Waals surface area contributed by atoms with Crippen molar-refractivity contribution in [2.75, 3.05) is 23.3 Å². The van der Waals surface area contributed by atoms with Crippen LogP contribution in [0.3, 0.4) is 0 Å². The van der Waals surface area contributed by atoms with Crippen molar-refractivity contribution in [1.82, 2.24) is 4.90 Å². The fraction of sp³-hybridized carbons (Fsp3) is 0.156. The standard InChI is InChI=1S/C32H27N3O2S/c36-30(27-13-5-4-12-26(27)22-9-2-1-3-10-22)33-24-18-16-23(17-19-24)31(37)35-21-25-11-8-20-34(25)32(38)28-14-6-7-15-29(28)35/h1-7,9-10,12-19,25H,8,11,20-21H2,(H,33,36).